The van der Waals surface area contributed by atoms with Crippen molar-refractivity contribution in [3.63, 3.8) is 0 Å². The highest BCUT2D eigenvalue weighted by Gasteiger charge is 2.38. The van der Waals surface area contributed by atoms with Crippen molar-refractivity contribution < 1.29 is 4.42 Å². The molecule has 0 spiro atoms. The number of nitrogens with zero attached hydrogens (tertiary/aromatic N) is 2. The predicted octanol–water partition coefficient (Wildman–Crippen LogP) is 15.8. The summed E-state index contributed by atoms with van der Waals surface area (Å²) in [5.41, 5.74) is 21.0. The van der Waals surface area contributed by atoms with E-state index in [4.69, 9.17) is 9.41 Å². The normalized spacial score (nSPS) is 15.0. The highest BCUT2D eigenvalue weighted by molar-refractivity contribution is 6.23. The van der Waals surface area contributed by atoms with Gasteiger partial charge in [-0.25, -0.2) is 0 Å². The SMILES string of the molecule is CC1(C)c2ccccc2-c2ccc3c4ccccc4n(-c4ccc5c(c4)oc4cc(-c6ccccc6)cc(C6=Nc7ccccc7C6Cc6ccc(-c7ccccc7)cc6)c45)c3c21. The van der Waals surface area contributed by atoms with E-state index in [2.05, 4.69) is 219 Å². The number of hydrogen-bond donors (Lipinski definition) is 0. The Hall–Kier alpha value is -7.75. The van der Waals surface area contributed by atoms with E-state index in [0.29, 0.717) is 0 Å². The third-order valence-electron chi connectivity index (χ3n) is 13.9. The van der Waals surface area contributed by atoms with Gasteiger partial charge in [0.1, 0.15) is 11.2 Å². The van der Waals surface area contributed by atoms with E-state index in [0.717, 1.165) is 62.1 Å². The summed E-state index contributed by atoms with van der Waals surface area (Å²) >= 11 is 0. The Morgan fingerprint density at radius 3 is 2.03 bits per heavy atom. The molecule has 0 saturated heterocycles. The third kappa shape index (κ3) is 5.42. The zero-order valence-corrected chi connectivity index (χ0v) is 35.1. The molecule has 3 nitrogen and oxygen atoms in total. The Morgan fingerprint density at radius 2 is 1.21 bits per heavy atom. The lowest BCUT2D eigenvalue weighted by Crippen LogP contribution is -2.16. The monoisotopic (exact) mass is 806 g/mol. The largest absolute Gasteiger partial charge is 0.456 e. The second kappa shape index (κ2) is 13.6. The van der Waals surface area contributed by atoms with Crippen LogP contribution < -0.4 is 0 Å². The molecule has 0 saturated carbocycles. The van der Waals surface area contributed by atoms with E-state index in [1.54, 1.807) is 0 Å². The van der Waals surface area contributed by atoms with Crippen LogP contribution in [0.5, 0.6) is 0 Å². The Bertz CT molecular complexity index is 3660. The van der Waals surface area contributed by atoms with Crippen LogP contribution in [0, 0.1) is 0 Å². The van der Waals surface area contributed by atoms with E-state index in [1.165, 1.54) is 66.3 Å². The van der Waals surface area contributed by atoms with Gasteiger partial charge < -0.3 is 8.98 Å². The molecule has 11 aromatic rings. The molecule has 0 bridgehead atoms. The van der Waals surface area contributed by atoms with Gasteiger partial charge in [0.05, 0.1) is 22.4 Å². The number of rotatable bonds is 6. The first-order valence-corrected chi connectivity index (χ1v) is 22.0. The van der Waals surface area contributed by atoms with Gasteiger partial charge in [-0.3, -0.25) is 4.99 Å². The van der Waals surface area contributed by atoms with E-state index < -0.39 is 0 Å². The molecule has 9 aromatic carbocycles. The molecule has 298 valence electrons. The average Bonchev–Trinajstić information content (AvgIpc) is 4.06. The summed E-state index contributed by atoms with van der Waals surface area (Å²) in [7, 11) is 0. The number of benzene rings is 9. The third-order valence-corrected chi connectivity index (χ3v) is 13.9. The fourth-order valence-corrected chi connectivity index (χ4v) is 11.0. The number of aliphatic imine (C=N–C) groups is 1. The maximum absolute atomic E-state index is 7.08. The van der Waals surface area contributed by atoms with Crippen LogP contribution >= 0.6 is 0 Å². The first kappa shape index (κ1) is 36.0. The van der Waals surface area contributed by atoms with E-state index in [9.17, 15) is 0 Å². The highest BCUT2D eigenvalue weighted by atomic mass is 16.3. The predicted molar refractivity (Wildman–Crippen MR) is 262 cm³/mol. The minimum atomic E-state index is -0.177. The number of para-hydroxylation sites is 2. The molecule has 1 atom stereocenters. The molecule has 0 fully saturated rings. The van der Waals surface area contributed by atoms with Gasteiger partial charge in [0.15, 0.2) is 0 Å². The van der Waals surface area contributed by atoms with Crippen molar-refractivity contribution in [3.05, 3.63) is 228 Å². The van der Waals surface area contributed by atoms with Crippen molar-refractivity contribution in [2.45, 2.75) is 31.6 Å². The second-order valence-corrected chi connectivity index (χ2v) is 17.8. The molecule has 0 radical (unpaired) electrons. The van der Waals surface area contributed by atoms with Crippen LogP contribution in [0.3, 0.4) is 0 Å². The van der Waals surface area contributed by atoms with Crippen molar-refractivity contribution in [2.75, 3.05) is 0 Å². The average molecular weight is 807 g/mol. The molecular formula is C60H42N2O. The molecule has 13 rings (SSSR count). The van der Waals surface area contributed by atoms with Gasteiger partial charge in [0, 0.05) is 50.2 Å². The van der Waals surface area contributed by atoms with E-state index >= 15 is 0 Å². The van der Waals surface area contributed by atoms with Gasteiger partial charge in [-0.2, -0.15) is 0 Å². The van der Waals surface area contributed by atoms with Crippen LogP contribution in [-0.4, -0.2) is 10.3 Å². The lowest BCUT2D eigenvalue weighted by Gasteiger charge is -2.23. The molecule has 3 heterocycles. The fourth-order valence-electron chi connectivity index (χ4n) is 11.0. The van der Waals surface area contributed by atoms with E-state index in [1.807, 2.05) is 0 Å². The summed E-state index contributed by atoms with van der Waals surface area (Å²) < 4.78 is 9.56. The molecule has 1 aliphatic carbocycles. The topological polar surface area (TPSA) is 30.4 Å². The standard InChI is InChI=1S/C60H42N2O/c1-60(2)51-22-12-9-19-43(51)46-31-32-47-45-21-11-14-24-53(45)62(59(47)57(46)60)42-29-30-48-54(36-42)63-55-35-41(39-17-7-4-8-18-39)34-50(56(48)55)58-49(44-20-10-13-23-52(44)61-58)33-37-25-27-40(28-26-37)38-15-5-3-6-16-38/h3-32,34-36,49H,33H2,1-2H3. The minimum Gasteiger partial charge on any atom is -0.456 e. The molecule has 1 unspecified atom stereocenters. The van der Waals surface area contributed by atoms with Crippen LogP contribution in [-0.2, 0) is 11.8 Å². The maximum Gasteiger partial charge on any atom is 0.137 e. The molecule has 63 heavy (non-hydrogen) atoms. The van der Waals surface area contributed by atoms with Crippen molar-refractivity contribution in [1.29, 1.82) is 0 Å². The first-order chi connectivity index (χ1) is 31.0. The van der Waals surface area contributed by atoms with Crippen molar-refractivity contribution in [1.82, 2.24) is 4.57 Å². The van der Waals surface area contributed by atoms with Crippen LogP contribution in [0.2, 0.25) is 0 Å². The molecule has 0 amide bonds. The van der Waals surface area contributed by atoms with Crippen LogP contribution in [0.15, 0.2) is 210 Å². The Morgan fingerprint density at radius 1 is 0.524 bits per heavy atom. The Labute approximate surface area is 366 Å². The number of fused-ring (bicyclic) bond motifs is 11. The lowest BCUT2D eigenvalue weighted by atomic mass is 9.81. The van der Waals surface area contributed by atoms with Crippen LogP contribution in [0.4, 0.5) is 5.69 Å². The number of hydrogen-bond acceptors (Lipinski definition) is 2. The minimum absolute atomic E-state index is 0.0643. The second-order valence-electron chi connectivity index (χ2n) is 17.8. The Kier molecular flexibility index (Phi) is 7.78. The van der Waals surface area contributed by atoms with Crippen molar-refractivity contribution >= 4 is 55.1 Å². The van der Waals surface area contributed by atoms with Gasteiger partial charge in [0.25, 0.3) is 0 Å². The smallest absolute Gasteiger partial charge is 0.137 e. The fraction of sp³-hybridized carbons (Fsp3) is 0.0833. The molecular weight excluding hydrogens is 765 g/mol. The highest BCUT2D eigenvalue weighted by Crippen LogP contribution is 2.53. The zero-order valence-electron chi connectivity index (χ0n) is 35.1. The molecule has 2 aliphatic rings. The lowest BCUT2D eigenvalue weighted by molar-refractivity contribution is 0.663. The summed E-state index contributed by atoms with van der Waals surface area (Å²) in [5.74, 6) is 0.0643. The van der Waals surface area contributed by atoms with Gasteiger partial charge in [0.2, 0.25) is 0 Å². The maximum atomic E-state index is 7.08. The quantitative estimate of drug-likeness (QED) is 0.165. The summed E-state index contributed by atoms with van der Waals surface area (Å²) in [6.07, 6.45) is 0.834. The van der Waals surface area contributed by atoms with Crippen LogP contribution in [0.25, 0.3) is 82.8 Å². The number of aromatic nitrogens is 1. The van der Waals surface area contributed by atoms with Crippen molar-refractivity contribution in [2.24, 2.45) is 4.99 Å². The molecule has 0 N–H and O–H groups in total. The number of furan rings is 1. The summed E-state index contributed by atoms with van der Waals surface area (Å²) in [6.45, 7) is 4.76. The Balaban J connectivity index is 1.01. The summed E-state index contributed by atoms with van der Waals surface area (Å²) in [5, 5.41) is 4.71. The van der Waals surface area contributed by atoms with Crippen molar-refractivity contribution in [3.8, 4) is 39.1 Å². The van der Waals surface area contributed by atoms with Gasteiger partial charge in [-0.15, -0.1) is 0 Å². The van der Waals surface area contributed by atoms with Gasteiger partial charge >= 0.3 is 0 Å². The summed E-state index contributed by atoms with van der Waals surface area (Å²) in [4.78, 5) is 5.50. The first-order valence-electron chi connectivity index (χ1n) is 22.0. The van der Waals surface area contributed by atoms with E-state index in [-0.39, 0.29) is 11.3 Å². The molecule has 1 aliphatic heterocycles. The summed E-state index contributed by atoms with van der Waals surface area (Å²) in [6, 6.07) is 72.9. The van der Waals surface area contributed by atoms with Gasteiger partial charge in [-0.1, -0.05) is 172 Å². The van der Waals surface area contributed by atoms with Gasteiger partial charge in [-0.05, 0) is 98.5 Å². The zero-order chi connectivity index (χ0) is 41.8. The molecule has 2 aromatic heterocycles. The molecule has 3 heteroatoms. The van der Waals surface area contributed by atoms with Crippen LogP contribution in [0.1, 0.15) is 47.6 Å².